The fourth-order valence-corrected chi connectivity index (χ4v) is 5.57. The molecule has 202 valence electrons. The number of halogens is 1. The number of thiophene rings is 1. The third-order valence-corrected chi connectivity index (χ3v) is 7.39. The van der Waals surface area contributed by atoms with E-state index in [2.05, 4.69) is 15.8 Å². The van der Waals surface area contributed by atoms with Gasteiger partial charge in [0.15, 0.2) is 0 Å². The van der Waals surface area contributed by atoms with E-state index in [1.807, 2.05) is 0 Å². The number of hydrazone groups is 1. The Kier molecular flexibility index (Phi) is 9.11. The highest BCUT2D eigenvalue weighted by Crippen LogP contribution is 2.38. The van der Waals surface area contributed by atoms with Crippen molar-refractivity contribution in [2.45, 2.75) is 39.5 Å². The highest BCUT2D eigenvalue weighted by Gasteiger charge is 2.28. The first-order valence-corrected chi connectivity index (χ1v) is 13.5. The number of esters is 2. The molecule has 3 aromatic rings. The number of carbonyl (C=O) groups is 4. The van der Waals surface area contributed by atoms with Gasteiger partial charge in [-0.2, -0.15) is 5.10 Å². The quantitative estimate of drug-likeness (QED) is 0.134. The predicted octanol–water partition coefficient (Wildman–Crippen LogP) is 5.16. The molecule has 0 spiro atoms. The average molecular weight is 568 g/mol. The number of carbonyl (C=O) groups excluding carboxylic acids is 4. The lowest BCUT2D eigenvalue weighted by molar-refractivity contribution is -0.136. The van der Waals surface area contributed by atoms with Crippen LogP contribution in [0.4, 0.5) is 5.00 Å². The summed E-state index contributed by atoms with van der Waals surface area (Å²) in [5.41, 5.74) is 4.41. The summed E-state index contributed by atoms with van der Waals surface area (Å²) in [7, 11) is 0. The van der Waals surface area contributed by atoms with Gasteiger partial charge in [0, 0.05) is 15.5 Å². The molecule has 0 radical (unpaired) electrons. The van der Waals surface area contributed by atoms with Crippen LogP contribution in [0.2, 0.25) is 5.02 Å². The number of rotatable bonds is 7. The Balaban J connectivity index is 1.46. The number of amides is 2. The number of aryl methyl sites for hydroxylation is 1. The fraction of sp³-hybridized carbons (Fsp3) is 0.250. The molecule has 2 N–H and O–H groups in total. The standard InChI is InChI=1S/C28H26ClN3O6S/c1-3-37-28(36)23-20-12-5-7-14-22(20)39-26(23)30-24(33)25(34)32-31-16(2)19-11-4-6-13-21(19)38-27(35)17-9-8-10-18(29)15-17/h4,6,8-11,13,15H,3,5,7,12,14H2,1-2H3,(H,30,33)(H,32,34)/b31-16+. The molecule has 0 aliphatic heterocycles. The molecular formula is C28H26ClN3O6S. The van der Waals surface area contributed by atoms with Crippen LogP contribution in [-0.2, 0) is 27.2 Å². The smallest absolute Gasteiger partial charge is 0.343 e. The van der Waals surface area contributed by atoms with Crippen LogP contribution in [0.1, 0.15) is 63.4 Å². The second-order valence-corrected chi connectivity index (χ2v) is 10.2. The Hall–Kier alpha value is -4.02. The maximum Gasteiger partial charge on any atom is 0.343 e. The molecule has 39 heavy (non-hydrogen) atoms. The highest BCUT2D eigenvalue weighted by atomic mass is 35.5. The van der Waals surface area contributed by atoms with Gasteiger partial charge in [0.25, 0.3) is 0 Å². The summed E-state index contributed by atoms with van der Waals surface area (Å²) < 4.78 is 10.7. The normalized spacial score (nSPS) is 12.7. The van der Waals surface area contributed by atoms with E-state index >= 15 is 0 Å². The Bertz CT molecular complexity index is 1470. The minimum atomic E-state index is -1.02. The number of nitrogens with one attached hydrogen (secondary N) is 2. The number of ether oxygens (including phenoxy) is 2. The fourth-order valence-electron chi connectivity index (χ4n) is 4.11. The van der Waals surface area contributed by atoms with E-state index in [0.717, 1.165) is 29.7 Å². The Labute approximate surface area is 234 Å². The Morgan fingerprint density at radius 3 is 2.54 bits per heavy atom. The molecule has 1 aliphatic rings. The van der Waals surface area contributed by atoms with Crippen LogP contribution >= 0.6 is 22.9 Å². The van der Waals surface area contributed by atoms with Crippen LogP contribution in [0.3, 0.4) is 0 Å². The molecule has 1 aromatic heterocycles. The second kappa shape index (κ2) is 12.7. The molecule has 0 unspecified atom stereocenters. The molecule has 0 fully saturated rings. The van der Waals surface area contributed by atoms with Crippen molar-refractivity contribution in [3.05, 3.63) is 80.7 Å². The van der Waals surface area contributed by atoms with Crippen molar-refractivity contribution in [3.8, 4) is 5.75 Å². The minimum absolute atomic E-state index is 0.196. The topological polar surface area (TPSA) is 123 Å². The van der Waals surface area contributed by atoms with E-state index in [1.54, 1.807) is 56.3 Å². The molecule has 0 saturated heterocycles. The molecule has 2 aromatic carbocycles. The molecule has 9 nitrogen and oxygen atoms in total. The third kappa shape index (κ3) is 6.71. The van der Waals surface area contributed by atoms with E-state index in [-0.39, 0.29) is 17.9 Å². The van der Waals surface area contributed by atoms with Gasteiger partial charge < -0.3 is 14.8 Å². The van der Waals surface area contributed by atoms with E-state index in [0.29, 0.717) is 33.3 Å². The van der Waals surface area contributed by atoms with Crippen LogP contribution in [-0.4, -0.2) is 36.1 Å². The number of anilines is 1. The number of hydrogen-bond donors (Lipinski definition) is 2. The summed E-state index contributed by atoms with van der Waals surface area (Å²) in [5, 5.41) is 7.26. The van der Waals surface area contributed by atoms with Crippen molar-refractivity contribution < 1.29 is 28.7 Å². The zero-order chi connectivity index (χ0) is 27.9. The first kappa shape index (κ1) is 28.0. The maximum atomic E-state index is 12.7. The lowest BCUT2D eigenvalue weighted by atomic mass is 9.95. The molecule has 1 heterocycles. The summed E-state index contributed by atoms with van der Waals surface area (Å²) >= 11 is 7.25. The minimum Gasteiger partial charge on any atom is -0.462 e. The molecular weight excluding hydrogens is 542 g/mol. The summed E-state index contributed by atoms with van der Waals surface area (Å²) in [6.45, 7) is 3.50. The van der Waals surface area contributed by atoms with E-state index in [4.69, 9.17) is 21.1 Å². The Morgan fingerprint density at radius 2 is 1.77 bits per heavy atom. The van der Waals surface area contributed by atoms with Crippen LogP contribution in [0.15, 0.2) is 53.6 Å². The lowest BCUT2D eigenvalue weighted by Crippen LogP contribution is -2.33. The van der Waals surface area contributed by atoms with Gasteiger partial charge in [-0.05, 0) is 75.4 Å². The molecule has 0 saturated carbocycles. The Morgan fingerprint density at radius 1 is 1.00 bits per heavy atom. The second-order valence-electron chi connectivity index (χ2n) is 8.62. The first-order chi connectivity index (χ1) is 18.8. The predicted molar refractivity (Wildman–Crippen MR) is 149 cm³/mol. The van der Waals surface area contributed by atoms with Crippen molar-refractivity contribution in [1.82, 2.24) is 5.43 Å². The highest BCUT2D eigenvalue weighted by molar-refractivity contribution is 7.17. The maximum absolute atomic E-state index is 12.7. The number of fused-ring (bicyclic) bond motifs is 1. The van der Waals surface area contributed by atoms with Gasteiger partial charge in [0.05, 0.1) is 23.4 Å². The van der Waals surface area contributed by atoms with Gasteiger partial charge in [-0.25, -0.2) is 15.0 Å². The summed E-state index contributed by atoms with van der Waals surface area (Å²) in [4.78, 5) is 51.5. The molecule has 11 heteroatoms. The van der Waals surface area contributed by atoms with E-state index in [9.17, 15) is 19.2 Å². The first-order valence-electron chi connectivity index (χ1n) is 12.3. The van der Waals surface area contributed by atoms with Gasteiger partial charge in [0.1, 0.15) is 10.8 Å². The van der Waals surface area contributed by atoms with Crippen LogP contribution in [0.25, 0.3) is 0 Å². The average Bonchev–Trinajstić information content (AvgIpc) is 3.29. The largest absolute Gasteiger partial charge is 0.462 e. The van der Waals surface area contributed by atoms with Crippen molar-refractivity contribution in [1.29, 1.82) is 0 Å². The van der Waals surface area contributed by atoms with Crippen molar-refractivity contribution in [2.75, 3.05) is 11.9 Å². The van der Waals surface area contributed by atoms with Crippen LogP contribution < -0.4 is 15.5 Å². The van der Waals surface area contributed by atoms with E-state index < -0.39 is 23.8 Å². The van der Waals surface area contributed by atoms with Gasteiger partial charge in [-0.3, -0.25) is 9.59 Å². The SMILES string of the molecule is CCOC(=O)c1c(NC(=O)C(=O)N/N=C(\C)c2ccccc2OC(=O)c2cccc(Cl)c2)sc2c1CCCC2. The van der Waals surface area contributed by atoms with Crippen molar-refractivity contribution in [3.63, 3.8) is 0 Å². The van der Waals surface area contributed by atoms with Gasteiger partial charge in [-0.1, -0.05) is 29.8 Å². The zero-order valence-corrected chi connectivity index (χ0v) is 22.9. The number of para-hydroxylation sites is 1. The summed E-state index contributed by atoms with van der Waals surface area (Å²) in [6.07, 6.45) is 3.45. The van der Waals surface area contributed by atoms with Crippen LogP contribution in [0, 0.1) is 0 Å². The third-order valence-electron chi connectivity index (χ3n) is 5.95. The number of hydrogen-bond acceptors (Lipinski definition) is 8. The van der Waals surface area contributed by atoms with Gasteiger partial charge in [0.2, 0.25) is 0 Å². The summed E-state index contributed by atoms with van der Waals surface area (Å²) in [6, 6.07) is 13.0. The van der Waals surface area contributed by atoms with Crippen molar-refractivity contribution in [2.24, 2.45) is 5.10 Å². The number of benzene rings is 2. The molecule has 1 aliphatic carbocycles. The molecule has 0 atom stereocenters. The lowest BCUT2D eigenvalue weighted by Gasteiger charge is -2.12. The van der Waals surface area contributed by atoms with Gasteiger partial charge >= 0.3 is 23.8 Å². The molecule has 0 bridgehead atoms. The van der Waals surface area contributed by atoms with E-state index in [1.165, 1.54) is 17.4 Å². The van der Waals surface area contributed by atoms with Crippen LogP contribution in [0.5, 0.6) is 5.75 Å². The monoisotopic (exact) mass is 567 g/mol. The van der Waals surface area contributed by atoms with Gasteiger partial charge in [-0.15, -0.1) is 11.3 Å². The molecule has 2 amide bonds. The van der Waals surface area contributed by atoms with Crippen molar-refractivity contribution >= 4 is 57.4 Å². The zero-order valence-electron chi connectivity index (χ0n) is 21.3. The summed E-state index contributed by atoms with van der Waals surface area (Å²) in [5.74, 6) is -2.92. The molecule has 4 rings (SSSR count). The number of nitrogens with zero attached hydrogens (tertiary/aromatic N) is 1.